The monoisotopic (exact) mass is 337 g/mol. The molecule has 0 aromatic heterocycles. The van der Waals surface area contributed by atoms with Crippen molar-refractivity contribution < 1.29 is 22.7 Å². The van der Waals surface area contributed by atoms with Gasteiger partial charge in [0.25, 0.3) is 5.91 Å². The highest BCUT2D eigenvalue weighted by Crippen LogP contribution is 2.35. The Kier molecular flexibility index (Phi) is 5.49. The summed E-state index contributed by atoms with van der Waals surface area (Å²) >= 11 is 0. The van der Waals surface area contributed by atoms with Crippen molar-refractivity contribution in [2.45, 2.75) is 26.4 Å². The van der Waals surface area contributed by atoms with Crippen molar-refractivity contribution in [1.82, 2.24) is 0 Å². The Morgan fingerprint density at radius 2 is 1.92 bits per heavy atom. The van der Waals surface area contributed by atoms with E-state index in [2.05, 4.69) is 5.32 Å². The van der Waals surface area contributed by atoms with Crippen LogP contribution in [0, 0.1) is 6.92 Å². The number of amides is 1. The van der Waals surface area contributed by atoms with Gasteiger partial charge in [-0.15, -0.1) is 0 Å². The summed E-state index contributed by atoms with van der Waals surface area (Å²) in [5, 5.41) is 2.51. The van der Waals surface area contributed by atoms with Gasteiger partial charge in [-0.05, 0) is 43.7 Å². The molecular weight excluding hydrogens is 319 g/mol. The molecule has 2 rings (SSSR count). The Balaban J connectivity index is 2.33. The first-order valence-corrected chi connectivity index (χ1v) is 7.53. The fraction of sp³-hybridized carbons (Fsp3) is 0.278. The van der Waals surface area contributed by atoms with E-state index in [1.165, 1.54) is 6.07 Å². The zero-order valence-corrected chi connectivity index (χ0v) is 13.4. The molecule has 1 N–H and O–H groups in total. The Morgan fingerprint density at radius 3 is 2.54 bits per heavy atom. The van der Waals surface area contributed by atoms with Crippen LogP contribution in [0.1, 0.15) is 34.8 Å². The quantitative estimate of drug-likeness (QED) is 0.828. The summed E-state index contributed by atoms with van der Waals surface area (Å²) in [4.78, 5) is 12.3. The number of alkyl halides is 3. The molecule has 0 fully saturated rings. The highest BCUT2D eigenvalue weighted by Gasteiger charge is 2.31. The summed E-state index contributed by atoms with van der Waals surface area (Å²) < 4.78 is 44.2. The number of hydrogen-bond acceptors (Lipinski definition) is 2. The largest absolute Gasteiger partial charge is 0.491 e. The van der Waals surface area contributed by atoms with Crippen LogP contribution in [-0.2, 0) is 6.18 Å². The Bertz CT molecular complexity index is 726. The molecule has 2 aromatic carbocycles. The number of benzene rings is 2. The summed E-state index contributed by atoms with van der Waals surface area (Å²) in [5.74, 6) is -0.273. The lowest BCUT2D eigenvalue weighted by Crippen LogP contribution is -2.14. The zero-order valence-electron chi connectivity index (χ0n) is 13.4. The zero-order chi connectivity index (χ0) is 17.7. The minimum absolute atomic E-state index is 0.00443. The van der Waals surface area contributed by atoms with Gasteiger partial charge in [0, 0.05) is 5.56 Å². The van der Waals surface area contributed by atoms with E-state index < -0.39 is 17.6 Å². The summed E-state index contributed by atoms with van der Waals surface area (Å²) in [6.07, 6.45) is -3.79. The number of aryl methyl sites for hydroxylation is 1. The molecule has 2 aromatic rings. The molecule has 0 aliphatic rings. The Morgan fingerprint density at radius 1 is 1.17 bits per heavy atom. The maximum absolute atomic E-state index is 12.9. The highest BCUT2D eigenvalue weighted by atomic mass is 19.4. The molecule has 0 radical (unpaired) electrons. The SMILES string of the molecule is CCCOc1ccc(C(F)(F)F)cc1NC(=O)c1cccc(C)c1. The smallest absolute Gasteiger partial charge is 0.416 e. The van der Waals surface area contributed by atoms with Crippen molar-refractivity contribution in [2.75, 3.05) is 11.9 Å². The lowest BCUT2D eigenvalue weighted by molar-refractivity contribution is -0.137. The van der Waals surface area contributed by atoms with Gasteiger partial charge in [0.15, 0.2) is 0 Å². The van der Waals surface area contributed by atoms with Crippen molar-refractivity contribution in [3.8, 4) is 5.75 Å². The molecule has 128 valence electrons. The van der Waals surface area contributed by atoms with Gasteiger partial charge in [0.1, 0.15) is 5.75 Å². The maximum atomic E-state index is 12.9. The second kappa shape index (κ2) is 7.38. The van der Waals surface area contributed by atoms with Crippen LogP contribution in [0.5, 0.6) is 5.75 Å². The third-order valence-corrected chi connectivity index (χ3v) is 3.30. The van der Waals surface area contributed by atoms with Crippen LogP contribution in [0.25, 0.3) is 0 Å². The van der Waals surface area contributed by atoms with Crippen LogP contribution in [0.2, 0.25) is 0 Å². The van der Waals surface area contributed by atoms with Gasteiger partial charge < -0.3 is 10.1 Å². The third kappa shape index (κ3) is 4.50. The molecule has 3 nitrogen and oxygen atoms in total. The van der Waals surface area contributed by atoms with Crippen molar-refractivity contribution in [1.29, 1.82) is 0 Å². The maximum Gasteiger partial charge on any atom is 0.416 e. The fourth-order valence-corrected chi connectivity index (χ4v) is 2.12. The minimum atomic E-state index is -4.49. The van der Waals surface area contributed by atoms with E-state index in [-0.39, 0.29) is 11.4 Å². The van der Waals surface area contributed by atoms with Crippen LogP contribution in [-0.4, -0.2) is 12.5 Å². The first kappa shape index (κ1) is 17.8. The van der Waals surface area contributed by atoms with E-state index in [0.29, 0.717) is 18.6 Å². The van der Waals surface area contributed by atoms with E-state index in [4.69, 9.17) is 4.74 Å². The first-order chi connectivity index (χ1) is 11.3. The number of halogens is 3. The normalized spacial score (nSPS) is 11.2. The van der Waals surface area contributed by atoms with Gasteiger partial charge in [-0.3, -0.25) is 4.79 Å². The number of ether oxygens (including phenoxy) is 1. The average Bonchev–Trinajstić information content (AvgIpc) is 2.52. The molecule has 0 atom stereocenters. The van der Waals surface area contributed by atoms with Crippen LogP contribution in [0.4, 0.5) is 18.9 Å². The molecule has 24 heavy (non-hydrogen) atoms. The molecule has 0 saturated heterocycles. The van der Waals surface area contributed by atoms with E-state index in [0.717, 1.165) is 17.7 Å². The van der Waals surface area contributed by atoms with Crippen molar-refractivity contribution in [2.24, 2.45) is 0 Å². The van der Waals surface area contributed by atoms with Crippen molar-refractivity contribution >= 4 is 11.6 Å². The standard InChI is InChI=1S/C18H18F3NO2/c1-3-9-24-16-8-7-14(18(19,20)21)11-15(16)22-17(23)13-6-4-5-12(2)10-13/h4-8,10-11H,3,9H2,1-2H3,(H,22,23). The number of rotatable bonds is 5. The minimum Gasteiger partial charge on any atom is -0.491 e. The lowest BCUT2D eigenvalue weighted by Gasteiger charge is -2.15. The third-order valence-electron chi connectivity index (χ3n) is 3.30. The van der Waals surface area contributed by atoms with Gasteiger partial charge in [0.2, 0.25) is 0 Å². The predicted molar refractivity (Wildman–Crippen MR) is 86.4 cm³/mol. The molecule has 0 bridgehead atoms. The molecule has 0 aliphatic heterocycles. The van der Waals surface area contributed by atoms with Crippen LogP contribution >= 0.6 is 0 Å². The predicted octanol–water partition coefficient (Wildman–Crippen LogP) is 5.05. The number of carbonyl (C=O) groups is 1. The fourth-order valence-electron chi connectivity index (χ4n) is 2.12. The molecule has 0 heterocycles. The van der Waals surface area contributed by atoms with Crippen LogP contribution in [0.3, 0.4) is 0 Å². The van der Waals surface area contributed by atoms with E-state index >= 15 is 0 Å². The molecule has 1 amide bonds. The number of hydrogen-bond donors (Lipinski definition) is 1. The van der Waals surface area contributed by atoms with Crippen LogP contribution < -0.4 is 10.1 Å². The van der Waals surface area contributed by atoms with Gasteiger partial charge in [0.05, 0.1) is 17.9 Å². The molecule has 0 saturated carbocycles. The van der Waals surface area contributed by atoms with E-state index in [1.807, 2.05) is 19.9 Å². The van der Waals surface area contributed by atoms with Crippen LogP contribution in [0.15, 0.2) is 42.5 Å². The molecule has 0 aliphatic carbocycles. The number of carbonyl (C=O) groups excluding carboxylic acids is 1. The molecule has 6 heteroatoms. The summed E-state index contributed by atoms with van der Waals surface area (Å²) in [6.45, 7) is 4.06. The second-order valence-corrected chi connectivity index (χ2v) is 5.38. The summed E-state index contributed by atoms with van der Waals surface area (Å²) in [7, 11) is 0. The average molecular weight is 337 g/mol. The van der Waals surface area contributed by atoms with Gasteiger partial charge in [-0.25, -0.2) is 0 Å². The second-order valence-electron chi connectivity index (χ2n) is 5.38. The van der Waals surface area contributed by atoms with E-state index in [1.54, 1.807) is 18.2 Å². The Labute approximate surface area is 138 Å². The topological polar surface area (TPSA) is 38.3 Å². The van der Waals surface area contributed by atoms with Gasteiger partial charge in [-0.2, -0.15) is 13.2 Å². The van der Waals surface area contributed by atoms with Crippen molar-refractivity contribution in [3.63, 3.8) is 0 Å². The molecule has 0 unspecified atom stereocenters. The molecular formula is C18H18F3NO2. The number of nitrogens with one attached hydrogen (secondary N) is 1. The summed E-state index contributed by atoms with van der Waals surface area (Å²) in [5.41, 5.74) is 0.415. The summed E-state index contributed by atoms with van der Waals surface area (Å²) in [6, 6.07) is 9.86. The molecule has 0 spiro atoms. The van der Waals surface area contributed by atoms with Gasteiger partial charge in [-0.1, -0.05) is 24.6 Å². The Hall–Kier alpha value is -2.50. The lowest BCUT2D eigenvalue weighted by atomic mass is 10.1. The van der Waals surface area contributed by atoms with Gasteiger partial charge >= 0.3 is 6.18 Å². The van der Waals surface area contributed by atoms with Crippen molar-refractivity contribution in [3.05, 3.63) is 59.2 Å². The van der Waals surface area contributed by atoms with E-state index in [9.17, 15) is 18.0 Å². The first-order valence-electron chi connectivity index (χ1n) is 7.53. The number of anilines is 1. The highest BCUT2D eigenvalue weighted by molar-refractivity contribution is 6.05.